The van der Waals surface area contributed by atoms with Crippen molar-refractivity contribution in [2.75, 3.05) is 36.0 Å². The van der Waals surface area contributed by atoms with E-state index in [0.29, 0.717) is 39.0 Å². The van der Waals surface area contributed by atoms with Crippen molar-refractivity contribution >= 4 is 67.9 Å². The lowest BCUT2D eigenvalue weighted by Crippen LogP contribution is -2.11. The number of hydrogen-bond donors (Lipinski definition) is 2. The predicted molar refractivity (Wildman–Crippen MR) is 139 cm³/mol. The molecule has 2 aromatic carbocycles. The first kappa shape index (κ1) is 24.2. The number of aryl methyl sites for hydroxylation is 1. The molecule has 12 heteroatoms. The van der Waals surface area contributed by atoms with Crippen molar-refractivity contribution in [2.45, 2.75) is 6.54 Å². The summed E-state index contributed by atoms with van der Waals surface area (Å²) in [6, 6.07) is 12.9. The van der Waals surface area contributed by atoms with Crippen LogP contribution in [0.1, 0.15) is 0 Å². The smallest absolute Gasteiger partial charge is 0.229 e. The molecular formula is C22H24ClN6O3PS. The highest BCUT2D eigenvalue weighted by Gasteiger charge is 2.17. The molecule has 178 valence electrons. The van der Waals surface area contributed by atoms with E-state index >= 15 is 0 Å². The summed E-state index contributed by atoms with van der Waals surface area (Å²) < 4.78 is 37.1. The van der Waals surface area contributed by atoms with Gasteiger partial charge in [-0.3, -0.25) is 4.68 Å². The molecular weight excluding hydrogens is 495 g/mol. The fourth-order valence-corrected chi connectivity index (χ4v) is 5.15. The molecule has 0 aliphatic heterocycles. The normalized spacial score (nSPS) is 12.1. The highest BCUT2D eigenvalue weighted by molar-refractivity contribution is 7.90. The Morgan fingerprint density at radius 3 is 2.62 bits per heavy atom. The Bertz CT molecular complexity index is 1520. The van der Waals surface area contributed by atoms with Gasteiger partial charge in [0.05, 0.1) is 29.7 Å². The molecule has 0 atom stereocenters. The van der Waals surface area contributed by atoms with Crippen LogP contribution in [0.3, 0.4) is 0 Å². The van der Waals surface area contributed by atoms with Crippen LogP contribution in [-0.4, -0.2) is 53.5 Å². The van der Waals surface area contributed by atoms with Gasteiger partial charge in [0, 0.05) is 28.8 Å². The SMILES string of the molecule is CP(C)(=O)c1ccccc1Nc1nc(Nc2ccc3cn(CCS(C)(=O)=O)nc3c2)ncc1Cl. The largest absolute Gasteiger partial charge is 0.338 e. The average Bonchev–Trinajstić information content (AvgIpc) is 3.16. The first-order chi connectivity index (χ1) is 16.0. The number of aromatic nitrogens is 4. The van der Waals surface area contributed by atoms with E-state index in [1.54, 1.807) is 18.0 Å². The van der Waals surface area contributed by atoms with E-state index in [9.17, 15) is 13.0 Å². The quantitative estimate of drug-likeness (QED) is 0.332. The molecule has 4 rings (SSSR count). The topological polar surface area (TPSA) is 119 Å². The molecule has 0 aliphatic rings. The molecule has 4 aromatic rings. The summed E-state index contributed by atoms with van der Waals surface area (Å²) in [5.74, 6) is 0.720. The zero-order valence-corrected chi connectivity index (χ0v) is 21.3. The van der Waals surface area contributed by atoms with Crippen LogP contribution in [0.4, 0.5) is 23.1 Å². The number of halogens is 1. The minimum Gasteiger partial charge on any atom is -0.338 e. The predicted octanol–water partition coefficient (Wildman–Crippen LogP) is 4.26. The van der Waals surface area contributed by atoms with Crippen molar-refractivity contribution < 1.29 is 13.0 Å². The van der Waals surface area contributed by atoms with Crippen LogP contribution in [0, 0.1) is 0 Å². The maximum Gasteiger partial charge on any atom is 0.229 e. The van der Waals surface area contributed by atoms with Gasteiger partial charge in [-0.05, 0) is 43.7 Å². The van der Waals surface area contributed by atoms with Crippen LogP contribution in [0.2, 0.25) is 5.02 Å². The number of benzene rings is 2. The third-order valence-corrected chi connectivity index (χ3v) is 7.73. The zero-order valence-electron chi connectivity index (χ0n) is 18.9. The number of fused-ring (bicyclic) bond motifs is 1. The average molecular weight is 519 g/mol. The maximum atomic E-state index is 12.7. The summed E-state index contributed by atoms with van der Waals surface area (Å²) in [5, 5.41) is 12.7. The number of nitrogens with one attached hydrogen (secondary N) is 2. The van der Waals surface area contributed by atoms with E-state index in [-0.39, 0.29) is 12.3 Å². The molecule has 2 aromatic heterocycles. The Morgan fingerprint density at radius 2 is 1.88 bits per heavy atom. The van der Waals surface area contributed by atoms with Crippen molar-refractivity contribution in [3.63, 3.8) is 0 Å². The Kier molecular flexibility index (Phi) is 6.66. The number of sulfone groups is 1. The van der Waals surface area contributed by atoms with E-state index in [2.05, 4.69) is 25.7 Å². The molecule has 0 bridgehead atoms. The number of rotatable bonds is 8. The van der Waals surface area contributed by atoms with E-state index in [1.165, 1.54) is 12.5 Å². The Labute approximate surface area is 202 Å². The van der Waals surface area contributed by atoms with Gasteiger partial charge in [-0.25, -0.2) is 13.4 Å². The summed E-state index contributed by atoms with van der Waals surface area (Å²) in [7, 11) is -5.59. The second kappa shape index (κ2) is 9.37. The second-order valence-electron chi connectivity index (χ2n) is 8.30. The first-order valence-corrected chi connectivity index (χ1v) is 15.4. The molecule has 2 N–H and O–H groups in total. The van der Waals surface area contributed by atoms with Crippen molar-refractivity contribution in [1.82, 2.24) is 19.7 Å². The van der Waals surface area contributed by atoms with Gasteiger partial charge < -0.3 is 15.2 Å². The third kappa shape index (κ3) is 5.94. The minimum atomic E-state index is -3.07. The van der Waals surface area contributed by atoms with Crippen LogP contribution in [0.5, 0.6) is 0 Å². The lowest BCUT2D eigenvalue weighted by Gasteiger charge is -2.15. The van der Waals surface area contributed by atoms with Gasteiger partial charge in [-0.2, -0.15) is 10.1 Å². The fourth-order valence-electron chi connectivity index (χ4n) is 3.34. The molecule has 9 nitrogen and oxygen atoms in total. The summed E-state index contributed by atoms with van der Waals surface area (Å²) in [6.45, 7) is 3.71. The molecule has 0 amide bonds. The van der Waals surface area contributed by atoms with Crippen LogP contribution in [0.15, 0.2) is 54.9 Å². The monoisotopic (exact) mass is 518 g/mol. The number of anilines is 4. The van der Waals surface area contributed by atoms with Gasteiger partial charge in [-0.15, -0.1) is 0 Å². The zero-order chi connectivity index (χ0) is 24.5. The van der Waals surface area contributed by atoms with Crippen LogP contribution in [0.25, 0.3) is 10.9 Å². The van der Waals surface area contributed by atoms with Crippen molar-refractivity contribution in [3.8, 4) is 0 Å². The number of para-hydroxylation sites is 1. The first-order valence-electron chi connectivity index (χ1n) is 10.3. The molecule has 0 aliphatic carbocycles. The highest BCUT2D eigenvalue weighted by atomic mass is 35.5. The highest BCUT2D eigenvalue weighted by Crippen LogP contribution is 2.38. The van der Waals surface area contributed by atoms with Crippen LogP contribution >= 0.6 is 18.7 Å². The Balaban J connectivity index is 1.56. The summed E-state index contributed by atoms with van der Waals surface area (Å²) in [6.07, 6.45) is 4.50. The fraction of sp³-hybridized carbons (Fsp3) is 0.227. The molecule has 2 heterocycles. The molecule has 34 heavy (non-hydrogen) atoms. The van der Waals surface area contributed by atoms with Crippen molar-refractivity contribution in [1.29, 1.82) is 0 Å². The van der Waals surface area contributed by atoms with Gasteiger partial charge in [0.2, 0.25) is 5.95 Å². The third-order valence-electron chi connectivity index (χ3n) is 4.98. The summed E-state index contributed by atoms with van der Waals surface area (Å²) >= 11 is 6.32. The van der Waals surface area contributed by atoms with Gasteiger partial charge in [0.25, 0.3) is 0 Å². The Morgan fingerprint density at radius 1 is 1.12 bits per heavy atom. The maximum absolute atomic E-state index is 12.7. The van der Waals surface area contributed by atoms with E-state index in [0.717, 1.165) is 5.39 Å². The van der Waals surface area contributed by atoms with Gasteiger partial charge in [0.15, 0.2) is 5.82 Å². The van der Waals surface area contributed by atoms with Gasteiger partial charge in [0.1, 0.15) is 22.0 Å². The van der Waals surface area contributed by atoms with Gasteiger partial charge >= 0.3 is 0 Å². The minimum absolute atomic E-state index is 0.0229. The molecule has 0 fully saturated rings. The van der Waals surface area contributed by atoms with Crippen LogP contribution < -0.4 is 15.9 Å². The Hall–Kier alpha value is -2.94. The van der Waals surface area contributed by atoms with E-state index in [1.807, 2.05) is 48.7 Å². The number of hydrogen-bond acceptors (Lipinski definition) is 8. The molecule has 0 spiro atoms. The molecule has 0 unspecified atom stereocenters. The standard InChI is InChI=1S/C22H24ClN6O3PS/c1-33(2,30)20-7-5-4-6-18(20)26-21-17(23)13-24-22(27-21)25-16-9-8-15-14-29(28-19(15)12-16)10-11-34(3,31)32/h4-9,12-14H,10-11H2,1-3H3,(H2,24,25,26,27). The lowest BCUT2D eigenvalue weighted by atomic mass is 10.2. The summed E-state index contributed by atoms with van der Waals surface area (Å²) in [4.78, 5) is 8.73. The number of nitrogens with zero attached hydrogens (tertiary/aromatic N) is 4. The molecule has 0 radical (unpaired) electrons. The second-order valence-corrected chi connectivity index (χ2v) is 14.2. The van der Waals surface area contributed by atoms with E-state index < -0.39 is 17.0 Å². The molecule has 0 saturated carbocycles. The van der Waals surface area contributed by atoms with Gasteiger partial charge in [-0.1, -0.05) is 23.7 Å². The molecule has 0 saturated heterocycles. The van der Waals surface area contributed by atoms with Crippen molar-refractivity contribution in [3.05, 3.63) is 59.9 Å². The lowest BCUT2D eigenvalue weighted by molar-refractivity contribution is 0.586. The van der Waals surface area contributed by atoms with Crippen molar-refractivity contribution in [2.24, 2.45) is 0 Å². The van der Waals surface area contributed by atoms with E-state index in [4.69, 9.17) is 11.6 Å². The summed E-state index contributed by atoms with van der Waals surface area (Å²) in [5.41, 5.74) is 2.09. The van der Waals surface area contributed by atoms with Crippen LogP contribution in [-0.2, 0) is 20.9 Å².